The van der Waals surface area contributed by atoms with E-state index < -0.39 is 12.1 Å². The smallest absolute Gasteiger partial charge is 0.268 e. The van der Waals surface area contributed by atoms with Gasteiger partial charge in [-0.2, -0.15) is 0 Å². The van der Waals surface area contributed by atoms with Gasteiger partial charge < -0.3 is 25.7 Å². The Labute approximate surface area is 199 Å². The minimum Gasteiger partial charge on any atom is -0.356 e. The molecule has 2 aromatic rings. The third kappa shape index (κ3) is 6.04. The highest BCUT2D eigenvalue weighted by Crippen LogP contribution is 2.28. The van der Waals surface area contributed by atoms with Crippen LogP contribution in [-0.2, 0) is 14.4 Å². The van der Waals surface area contributed by atoms with Crippen molar-refractivity contribution in [3.63, 3.8) is 0 Å². The second kappa shape index (κ2) is 11.3. The first-order valence-electron chi connectivity index (χ1n) is 12.5. The molecule has 0 radical (unpaired) electrons. The van der Waals surface area contributed by atoms with E-state index in [4.69, 9.17) is 0 Å². The molecule has 3 amide bonds. The molecule has 1 saturated carbocycles. The zero-order chi connectivity index (χ0) is 23.9. The monoisotopic (exact) mass is 466 g/mol. The highest BCUT2D eigenvalue weighted by Gasteiger charge is 2.30. The van der Waals surface area contributed by atoms with Crippen molar-refractivity contribution in [1.29, 1.82) is 0 Å². The first kappa shape index (κ1) is 24.0. The van der Waals surface area contributed by atoms with Crippen LogP contribution < -0.4 is 16.0 Å². The molecule has 2 aliphatic rings. The van der Waals surface area contributed by atoms with Crippen molar-refractivity contribution in [3.8, 4) is 0 Å². The molecule has 1 aliphatic heterocycles. The molecule has 4 rings (SSSR count). The van der Waals surface area contributed by atoms with Crippen LogP contribution in [0.2, 0.25) is 0 Å². The molecule has 2 fully saturated rings. The SMILES string of the molecule is O=C[C@H](C[C@@H]1CCNC1=O)NC(=O)[C@H](CCC1CCCCC1)NC(=O)c1cc2ccccc2[nH]1. The number of aromatic amines is 1. The second-order valence-corrected chi connectivity index (χ2v) is 9.64. The molecule has 2 heterocycles. The number of rotatable bonds is 10. The molecule has 3 atom stereocenters. The zero-order valence-electron chi connectivity index (χ0n) is 19.5. The van der Waals surface area contributed by atoms with Crippen LogP contribution in [0.5, 0.6) is 0 Å². The Morgan fingerprint density at radius 3 is 2.59 bits per heavy atom. The Morgan fingerprint density at radius 1 is 1.09 bits per heavy atom. The van der Waals surface area contributed by atoms with Crippen LogP contribution in [0.3, 0.4) is 0 Å². The zero-order valence-corrected chi connectivity index (χ0v) is 19.5. The molecule has 1 saturated heterocycles. The molecule has 8 nitrogen and oxygen atoms in total. The number of aldehydes is 1. The maximum atomic E-state index is 13.2. The molecule has 0 spiro atoms. The summed E-state index contributed by atoms with van der Waals surface area (Å²) in [7, 11) is 0. The fourth-order valence-corrected chi connectivity index (χ4v) is 5.19. The minimum atomic E-state index is -0.761. The predicted octanol–water partition coefficient (Wildman–Crippen LogP) is 2.84. The quantitative estimate of drug-likeness (QED) is 0.403. The van der Waals surface area contributed by atoms with Gasteiger partial charge in [-0.1, -0.05) is 50.3 Å². The van der Waals surface area contributed by atoms with Gasteiger partial charge in [-0.05, 0) is 43.7 Å². The predicted molar refractivity (Wildman–Crippen MR) is 129 cm³/mol. The van der Waals surface area contributed by atoms with E-state index in [9.17, 15) is 19.2 Å². The lowest BCUT2D eigenvalue weighted by atomic mass is 9.85. The Bertz CT molecular complexity index is 994. The van der Waals surface area contributed by atoms with Crippen molar-refractivity contribution in [3.05, 3.63) is 36.0 Å². The van der Waals surface area contributed by atoms with Crippen molar-refractivity contribution in [2.45, 2.75) is 69.9 Å². The van der Waals surface area contributed by atoms with Crippen LogP contribution >= 0.6 is 0 Å². The molecular weight excluding hydrogens is 432 g/mol. The molecule has 8 heteroatoms. The van der Waals surface area contributed by atoms with E-state index in [0.29, 0.717) is 37.3 Å². The summed E-state index contributed by atoms with van der Waals surface area (Å²) in [4.78, 5) is 52.9. The van der Waals surface area contributed by atoms with E-state index in [-0.39, 0.29) is 30.1 Å². The number of carbonyl (C=O) groups excluding carboxylic acids is 4. The Kier molecular flexibility index (Phi) is 7.98. The van der Waals surface area contributed by atoms with Crippen molar-refractivity contribution in [1.82, 2.24) is 20.9 Å². The lowest BCUT2D eigenvalue weighted by Gasteiger charge is -2.25. The van der Waals surface area contributed by atoms with Crippen molar-refractivity contribution in [2.75, 3.05) is 6.54 Å². The number of para-hydroxylation sites is 1. The molecule has 1 aromatic heterocycles. The Hall–Kier alpha value is -3.16. The van der Waals surface area contributed by atoms with E-state index in [2.05, 4.69) is 20.9 Å². The highest BCUT2D eigenvalue weighted by atomic mass is 16.2. The van der Waals surface area contributed by atoms with Crippen molar-refractivity contribution >= 4 is 34.9 Å². The van der Waals surface area contributed by atoms with E-state index >= 15 is 0 Å². The van der Waals surface area contributed by atoms with E-state index in [0.717, 1.165) is 30.2 Å². The number of amides is 3. The van der Waals surface area contributed by atoms with Gasteiger partial charge in [0, 0.05) is 23.4 Å². The van der Waals surface area contributed by atoms with Gasteiger partial charge in [0.1, 0.15) is 18.0 Å². The molecule has 1 aliphatic carbocycles. The van der Waals surface area contributed by atoms with E-state index in [1.165, 1.54) is 19.3 Å². The lowest BCUT2D eigenvalue weighted by molar-refractivity contribution is -0.127. The maximum Gasteiger partial charge on any atom is 0.268 e. The van der Waals surface area contributed by atoms with Gasteiger partial charge in [0.05, 0.1) is 6.04 Å². The first-order valence-corrected chi connectivity index (χ1v) is 12.5. The lowest BCUT2D eigenvalue weighted by Crippen LogP contribution is -2.50. The molecule has 0 bridgehead atoms. The number of hydrogen-bond acceptors (Lipinski definition) is 4. The average Bonchev–Trinajstić information content (AvgIpc) is 3.47. The average molecular weight is 467 g/mol. The normalized spacial score (nSPS) is 20.5. The van der Waals surface area contributed by atoms with Gasteiger partial charge in [-0.25, -0.2) is 0 Å². The highest BCUT2D eigenvalue weighted by molar-refractivity contribution is 6.00. The van der Waals surface area contributed by atoms with Crippen LogP contribution in [0.25, 0.3) is 10.9 Å². The molecule has 4 N–H and O–H groups in total. The van der Waals surface area contributed by atoms with Crippen LogP contribution in [-0.4, -0.2) is 47.6 Å². The number of hydrogen-bond donors (Lipinski definition) is 4. The summed E-state index contributed by atoms with van der Waals surface area (Å²) in [6, 6.07) is 7.88. The molecular formula is C26H34N4O4. The van der Waals surface area contributed by atoms with Crippen LogP contribution in [0.4, 0.5) is 0 Å². The van der Waals surface area contributed by atoms with Gasteiger partial charge in [0.2, 0.25) is 11.8 Å². The number of aromatic nitrogens is 1. The van der Waals surface area contributed by atoms with Crippen molar-refractivity contribution in [2.24, 2.45) is 11.8 Å². The number of nitrogens with one attached hydrogen (secondary N) is 4. The largest absolute Gasteiger partial charge is 0.356 e. The summed E-state index contributed by atoms with van der Waals surface area (Å²) < 4.78 is 0. The van der Waals surface area contributed by atoms with E-state index in [1.807, 2.05) is 24.3 Å². The summed E-state index contributed by atoms with van der Waals surface area (Å²) in [6.07, 6.45) is 8.94. The first-order chi connectivity index (χ1) is 16.5. The van der Waals surface area contributed by atoms with Gasteiger partial charge >= 0.3 is 0 Å². The van der Waals surface area contributed by atoms with Gasteiger partial charge in [-0.15, -0.1) is 0 Å². The van der Waals surface area contributed by atoms with Gasteiger partial charge in [0.25, 0.3) is 5.91 Å². The minimum absolute atomic E-state index is 0.0814. The fourth-order valence-electron chi connectivity index (χ4n) is 5.19. The summed E-state index contributed by atoms with van der Waals surface area (Å²) in [5.41, 5.74) is 1.25. The molecule has 34 heavy (non-hydrogen) atoms. The number of H-pyrrole nitrogens is 1. The second-order valence-electron chi connectivity index (χ2n) is 9.64. The van der Waals surface area contributed by atoms with Crippen LogP contribution in [0.1, 0.15) is 68.3 Å². The number of benzene rings is 1. The van der Waals surface area contributed by atoms with Gasteiger partial charge in [0.15, 0.2) is 0 Å². The fraction of sp³-hybridized carbons (Fsp3) is 0.538. The van der Waals surface area contributed by atoms with E-state index in [1.54, 1.807) is 6.07 Å². The maximum absolute atomic E-state index is 13.2. The van der Waals surface area contributed by atoms with Gasteiger partial charge in [-0.3, -0.25) is 14.4 Å². The topological polar surface area (TPSA) is 120 Å². The number of carbonyl (C=O) groups is 4. The summed E-state index contributed by atoms with van der Waals surface area (Å²) in [6.45, 7) is 0.591. The Morgan fingerprint density at radius 2 is 1.88 bits per heavy atom. The summed E-state index contributed by atoms with van der Waals surface area (Å²) >= 11 is 0. The third-order valence-corrected chi connectivity index (χ3v) is 7.18. The molecule has 1 aromatic carbocycles. The third-order valence-electron chi connectivity index (χ3n) is 7.18. The summed E-state index contributed by atoms with van der Waals surface area (Å²) in [5, 5.41) is 9.34. The summed E-state index contributed by atoms with van der Waals surface area (Å²) in [5.74, 6) is -0.536. The Balaban J connectivity index is 1.43. The van der Waals surface area contributed by atoms with Crippen LogP contribution in [0, 0.1) is 11.8 Å². The van der Waals surface area contributed by atoms with Crippen LogP contribution in [0.15, 0.2) is 30.3 Å². The standard InChI is InChI=1S/C26H34N4O4/c31-16-20(14-19-12-13-27-24(19)32)28-25(33)22(11-10-17-6-2-1-3-7-17)30-26(34)23-15-18-8-4-5-9-21(18)29-23/h4-5,8-9,15-17,19-20,22,29H,1-3,6-7,10-14H2,(H,27,32)(H,28,33)(H,30,34)/t19-,20-,22-/m0/s1. The molecule has 0 unspecified atom stereocenters. The number of fused-ring (bicyclic) bond motifs is 1. The molecule has 182 valence electrons. The van der Waals surface area contributed by atoms with Crippen molar-refractivity contribution < 1.29 is 19.2 Å².